The Bertz CT molecular complexity index is 379. The minimum absolute atomic E-state index is 0. The van der Waals surface area contributed by atoms with Crippen LogP contribution in [0.25, 0.3) is 0 Å². The fraction of sp³-hybridized carbons (Fsp3) is 0.143. The Kier molecular flexibility index (Phi) is 7.50. The van der Waals surface area contributed by atoms with E-state index in [1.165, 1.54) is 10.6 Å². The summed E-state index contributed by atoms with van der Waals surface area (Å²) in [6.45, 7) is 0. The molecule has 3 heteroatoms. The topological polar surface area (TPSA) is 0 Å². The van der Waals surface area contributed by atoms with Crippen LogP contribution in [-0.4, -0.2) is 11.9 Å². The van der Waals surface area contributed by atoms with Crippen LogP contribution in [0.4, 0.5) is 0 Å². The van der Waals surface area contributed by atoms with Gasteiger partial charge in [-0.05, 0) is 24.7 Å². The second kappa shape index (κ2) is 8.34. The van der Waals surface area contributed by atoms with Gasteiger partial charge in [-0.2, -0.15) is 5.75 Å². The van der Waals surface area contributed by atoms with Gasteiger partial charge in [0.2, 0.25) is 0 Å². The molecular weight excluding hydrogens is 254 g/mol. The summed E-state index contributed by atoms with van der Waals surface area (Å²) < 4.78 is 0. The molecule has 0 atom stereocenters. The van der Waals surface area contributed by atoms with Crippen LogP contribution < -0.4 is 40.2 Å². The zero-order valence-electron chi connectivity index (χ0n) is 10.0. The SMILES string of the molecule is [Na+].[S-]CCP(c1ccccc1)c1ccccc1. The quantitative estimate of drug-likeness (QED) is 0.416. The largest absolute Gasteiger partial charge is 1.00 e. The van der Waals surface area contributed by atoms with Gasteiger partial charge in [-0.25, -0.2) is 0 Å². The van der Waals surface area contributed by atoms with Gasteiger partial charge in [-0.15, -0.1) is 0 Å². The van der Waals surface area contributed by atoms with E-state index in [1.54, 1.807) is 0 Å². The fourth-order valence-corrected chi connectivity index (χ4v) is 4.32. The van der Waals surface area contributed by atoms with E-state index in [0.717, 1.165) is 11.9 Å². The fourth-order valence-electron chi connectivity index (χ4n) is 1.71. The Morgan fingerprint density at radius 3 is 1.53 bits per heavy atom. The third-order valence-corrected chi connectivity index (χ3v) is 5.47. The molecule has 2 aromatic carbocycles. The molecule has 0 saturated heterocycles. The van der Waals surface area contributed by atoms with Gasteiger partial charge in [0.15, 0.2) is 0 Å². The molecular formula is C14H14NaPS. The van der Waals surface area contributed by atoms with Crippen LogP contribution in [0.3, 0.4) is 0 Å². The number of rotatable bonds is 4. The van der Waals surface area contributed by atoms with Crippen LogP contribution in [0.1, 0.15) is 0 Å². The summed E-state index contributed by atoms with van der Waals surface area (Å²) in [6, 6.07) is 21.4. The van der Waals surface area contributed by atoms with Gasteiger partial charge in [-0.3, -0.25) is 0 Å². The minimum Gasteiger partial charge on any atom is -0.792 e. The predicted octanol–water partition coefficient (Wildman–Crippen LogP) is -0.330. The normalized spacial score (nSPS) is 10.0. The summed E-state index contributed by atoms with van der Waals surface area (Å²) in [7, 11) is -0.255. The van der Waals surface area contributed by atoms with Crippen LogP contribution in [-0.2, 0) is 12.6 Å². The molecule has 0 saturated carbocycles. The van der Waals surface area contributed by atoms with Gasteiger partial charge in [0.1, 0.15) is 0 Å². The van der Waals surface area contributed by atoms with E-state index < -0.39 is 0 Å². The molecule has 0 aromatic heterocycles. The predicted molar refractivity (Wildman–Crippen MR) is 76.2 cm³/mol. The molecule has 0 N–H and O–H groups in total. The van der Waals surface area contributed by atoms with E-state index in [9.17, 15) is 0 Å². The molecule has 0 unspecified atom stereocenters. The minimum atomic E-state index is -0.255. The van der Waals surface area contributed by atoms with Gasteiger partial charge in [0, 0.05) is 0 Å². The monoisotopic (exact) mass is 268 g/mol. The van der Waals surface area contributed by atoms with Crippen molar-refractivity contribution in [3.63, 3.8) is 0 Å². The molecule has 0 radical (unpaired) electrons. The van der Waals surface area contributed by atoms with Crippen molar-refractivity contribution >= 4 is 31.2 Å². The van der Waals surface area contributed by atoms with Crippen molar-refractivity contribution in [2.75, 3.05) is 11.9 Å². The molecule has 0 spiro atoms. The molecule has 17 heavy (non-hydrogen) atoms. The summed E-state index contributed by atoms with van der Waals surface area (Å²) in [6.07, 6.45) is 1.10. The van der Waals surface area contributed by atoms with Crippen LogP contribution >= 0.6 is 7.92 Å². The van der Waals surface area contributed by atoms with Gasteiger partial charge in [-0.1, -0.05) is 60.7 Å². The molecule has 0 aliphatic heterocycles. The summed E-state index contributed by atoms with van der Waals surface area (Å²) in [5.74, 6) is 0.829. The van der Waals surface area contributed by atoms with E-state index in [0.29, 0.717) is 0 Å². The maximum atomic E-state index is 5.14. The van der Waals surface area contributed by atoms with Crippen LogP contribution in [0.5, 0.6) is 0 Å². The smallest absolute Gasteiger partial charge is 0.792 e. The van der Waals surface area contributed by atoms with Crippen molar-refractivity contribution < 1.29 is 29.6 Å². The molecule has 82 valence electrons. The molecule has 2 aromatic rings. The average molecular weight is 268 g/mol. The molecule has 0 nitrogen and oxygen atoms in total. The van der Waals surface area contributed by atoms with Crippen LogP contribution in [0.2, 0.25) is 0 Å². The van der Waals surface area contributed by atoms with Crippen molar-refractivity contribution in [1.29, 1.82) is 0 Å². The molecule has 0 fully saturated rings. The molecule has 0 amide bonds. The molecule has 0 heterocycles. The summed E-state index contributed by atoms with van der Waals surface area (Å²) in [5.41, 5.74) is 0. The Morgan fingerprint density at radius 2 is 1.18 bits per heavy atom. The average Bonchev–Trinajstić information content (AvgIpc) is 2.38. The molecule has 0 aliphatic carbocycles. The van der Waals surface area contributed by atoms with Crippen molar-refractivity contribution in [3.05, 3.63) is 60.7 Å². The number of benzene rings is 2. The number of hydrogen-bond acceptors (Lipinski definition) is 1. The molecule has 0 aliphatic rings. The van der Waals surface area contributed by atoms with Gasteiger partial charge >= 0.3 is 29.6 Å². The molecule has 2 rings (SSSR count). The Morgan fingerprint density at radius 1 is 0.765 bits per heavy atom. The van der Waals surface area contributed by atoms with E-state index in [2.05, 4.69) is 60.7 Å². The first kappa shape index (κ1) is 15.3. The Balaban J connectivity index is 0.00000144. The first-order chi connectivity index (χ1) is 7.92. The van der Waals surface area contributed by atoms with Crippen LogP contribution in [0.15, 0.2) is 60.7 Å². The zero-order chi connectivity index (χ0) is 11.2. The van der Waals surface area contributed by atoms with E-state index in [-0.39, 0.29) is 37.5 Å². The van der Waals surface area contributed by atoms with E-state index in [4.69, 9.17) is 12.6 Å². The zero-order valence-corrected chi connectivity index (χ0v) is 13.8. The first-order valence-electron chi connectivity index (χ1n) is 5.37. The Hall–Kier alpha value is 0.220. The third-order valence-electron chi connectivity index (χ3n) is 2.45. The van der Waals surface area contributed by atoms with Gasteiger partial charge in [0.25, 0.3) is 0 Å². The summed E-state index contributed by atoms with van der Waals surface area (Å²) in [5, 5.41) is 2.85. The number of hydrogen-bond donors (Lipinski definition) is 0. The summed E-state index contributed by atoms with van der Waals surface area (Å²) in [4.78, 5) is 0. The van der Waals surface area contributed by atoms with Crippen molar-refractivity contribution in [2.45, 2.75) is 0 Å². The maximum absolute atomic E-state index is 5.14. The summed E-state index contributed by atoms with van der Waals surface area (Å²) >= 11 is 5.14. The maximum Gasteiger partial charge on any atom is 1.00 e. The third kappa shape index (κ3) is 4.43. The Labute approximate surface area is 132 Å². The van der Waals surface area contributed by atoms with Crippen molar-refractivity contribution in [1.82, 2.24) is 0 Å². The molecule has 0 bridgehead atoms. The first-order valence-corrected chi connectivity index (χ1v) is 7.48. The van der Waals surface area contributed by atoms with Crippen molar-refractivity contribution in [3.8, 4) is 0 Å². The van der Waals surface area contributed by atoms with Gasteiger partial charge < -0.3 is 12.6 Å². The van der Waals surface area contributed by atoms with Crippen LogP contribution in [0, 0.1) is 0 Å². The van der Waals surface area contributed by atoms with E-state index >= 15 is 0 Å². The second-order valence-electron chi connectivity index (χ2n) is 3.53. The van der Waals surface area contributed by atoms with E-state index in [1.807, 2.05) is 0 Å². The second-order valence-corrected chi connectivity index (χ2v) is 6.27. The van der Waals surface area contributed by atoms with Gasteiger partial charge in [0.05, 0.1) is 0 Å². The van der Waals surface area contributed by atoms with Crippen molar-refractivity contribution in [2.24, 2.45) is 0 Å². The standard InChI is InChI=1S/C14H15PS.Na/c16-12-11-15(13-7-3-1-4-8-13)14-9-5-2-6-10-14;/h1-10,16H,11-12H2;/q;+1/p-1.